The molecule has 0 saturated heterocycles. The minimum atomic E-state index is -0.750. The van der Waals surface area contributed by atoms with Gasteiger partial charge in [-0.05, 0) is 48.5 Å². The lowest BCUT2D eigenvalue weighted by atomic mass is 10.1. The lowest BCUT2D eigenvalue weighted by Crippen LogP contribution is -2.45. The second-order valence-electron chi connectivity index (χ2n) is 5.62. The molecule has 1 atom stereocenters. The number of amides is 2. The molecule has 0 saturated carbocycles. The minimum absolute atomic E-state index is 0.394. The number of rotatable bonds is 5. The van der Waals surface area contributed by atoms with Gasteiger partial charge in [0, 0.05) is 6.54 Å². The molecule has 0 unspecified atom stereocenters. The zero-order chi connectivity index (χ0) is 17.7. The van der Waals surface area contributed by atoms with E-state index in [-0.39, 0.29) is 0 Å². The molecule has 1 N–H and O–H groups in total. The first-order valence-electron chi connectivity index (χ1n) is 7.60. The zero-order valence-electron chi connectivity index (χ0n) is 14.3. The number of ether oxygens (including phenoxy) is 2. The van der Waals surface area contributed by atoms with Crippen LogP contribution in [0.3, 0.4) is 0 Å². The SMILES string of the molecule is COC(=O)NC(=O)[C@H](C)N(C)Cc1ccc2cc(OC)ccc2c1. The number of nitrogens with zero attached hydrogens (tertiary/aromatic N) is 1. The average Bonchev–Trinajstić information content (AvgIpc) is 2.60. The van der Waals surface area contributed by atoms with Gasteiger partial charge in [0.15, 0.2) is 0 Å². The van der Waals surface area contributed by atoms with Gasteiger partial charge in [-0.2, -0.15) is 0 Å². The number of likely N-dealkylation sites (N-methyl/N-ethyl adjacent to an activating group) is 1. The molecule has 0 heterocycles. The van der Waals surface area contributed by atoms with Crippen LogP contribution in [-0.2, 0) is 16.1 Å². The number of hydrogen-bond acceptors (Lipinski definition) is 5. The summed E-state index contributed by atoms with van der Waals surface area (Å²) in [6, 6.07) is 11.6. The number of benzene rings is 2. The van der Waals surface area contributed by atoms with Crippen LogP contribution in [0.1, 0.15) is 12.5 Å². The van der Waals surface area contributed by atoms with Crippen LogP contribution in [0, 0.1) is 0 Å². The number of alkyl carbamates (subject to hydrolysis) is 1. The van der Waals surface area contributed by atoms with E-state index in [1.165, 1.54) is 7.11 Å². The monoisotopic (exact) mass is 330 g/mol. The Kier molecular flexibility index (Phi) is 5.76. The van der Waals surface area contributed by atoms with Crippen LogP contribution >= 0.6 is 0 Å². The average molecular weight is 330 g/mol. The Balaban J connectivity index is 2.08. The second-order valence-corrected chi connectivity index (χ2v) is 5.62. The van der Waals surface area contributed by atoms with E-state index in [9.17, 15) is 9.59 Å². The number of carbonyl (C=O) groups is 2. The van der Waals surface area contributed by atoms with Gasteiger partial charge >= 0.3 is 6.09 Å². The van der Waals surface area contributed by atoms with Gasteiger partial charge in [0.05, 0.1) is 20.3 Å². The summed E-state index contributed by atoms with van der Waals surface area (Å²) in [5, 5.41) is 4.38. The predicted molar refractivity (Wildman–Crippen MR) is 92.0 cm³/mol. The lowest BCUT2D eigenvalue weighted by molar-refractivity contribution is -0.124. The smallest absolute Gasteiger partial charge is 0.413 e. The first kappa shape index (κ1) is 17.7. The Morgan fingerprint density at radius 2 is 1.79 bits per heavy atom. The van der Waals surface area contributed by atoms with E-state index in [1.54, 1.807) is 14.0 Å². The molecule has 0 aliphatic carbocycles. The Bertz CT molecular complexity index is 745. The molecule has 24 heavy (non-hydrogen) atoms. The molecule has 0 aliphatic rings. The van der Waals surface area contributed by atoms with Crippen LogP contribution < -0.4 is 10.1 Å². The van der Waals surface area contributed by atoms with Crippen LogP contribution in [0.2, 0.25) is 0 Å². The summed E-state index contributed by atoms with van der Waals surface area (Å²) in [5.41, 5.74) is 1.08. The van der Waals surface area contributed by atoms with E-state index in [4.69, 9.17) is 4.74 Å². The summed E-state index contributed by atoms with van der Waals surface area (Å²) in [4.78, 5) is 24.9. The molecule has 0 radical (unpaired) electrons. The normalized spacial score (nSPS) is 12.0. The molecular weight excluding hydrogens is 308 g/mol. The third-order valence-electron chi connectivity index (χ3n) is 4.00. The highest BCUT2D eigenvalue weighted by molar-refractivity contribution is 5.94. The lowest BCUT2D eigenvalue weighted by Gasteiger charge is -2.23. The summed E-state index contributed by atoms with van der Waals surface area (Å²) < 4.78 is 9.66. The summed E-state index contributed by atoms with van der Waals surface area (Å²) >= 11 is 0. The van der Waals surface area contributed by atoms with E-state index in [0.29, 0.717) is 6.54 Å². The van der Waals surface area contributed by atoms with Crippen LogP contribution in [-0.4, -0.2) is 44.2 Å². The Labute approximate surface area is 141 Å². The van der Waals surface area contributed by atoms with Gasteiger partial charge in [-0.3, -0.25) is 15.0 Å². The summed E-state index contributed by atoms with van der Waals surface area (Å²) in [5.74, 6) is 0.426. The fourth-order valence-electron chi connectivity index (χ4n) is 2.38. The van der Waals surface area contributed by atoms with Crippen molar-refractivity contribution in [1.29, 1.82) is 0 Å². The molecule has 6 nitrogen and oxygen atoms in total. The number of carbonyl (C=O) groups excluding carboxylic acids is 2. The highest BCUT2D eigenvalue weighted by atomic mass is 16.5. The Morgan fingerprint density at radius 1 is 1.12 bits per heavy atom. The van der Waals surface area contributed by atoms with Gasteiger partial charge in [0.2, 0.25) is 5.91 Å². The molecule has 0 bridgehead atoms. The van der Waals surface area contributed by atoms with E-state index in [1.807, 2.05) is 42.3 Å². The van der Waals surface area contributed by atoms with Crippen molar-refractivity contribution in [2.45, 2.75) is 19.5 Å². The van der Waals surface area contributed by atoms with Crippen LogP contribution in [0.5, 0.6) is 5.75 Å². The van der Waals surface area contributed by atoms with Gasteiger partial charge in [-0.25, -0.2) is 4.79 Å². The molecule has 2 amide bonds. The number of methoxy groups -OCH3 is 2. The van der Waals surface area contributed by atoms with Gasteiger partial charge in [0.25, 0.3) is 0 Å². The minimum Gasteiger partial charge on any atom is -0.497 e. The largest absolute Gasteiger partial charge is 0.497 e. The highest BCUT2D eigenvalue weighted by Crippen LogP contribution is 2.22. The molecule has 2 aromatic rings. The Hall–Kier alpha value is -2.60. The zero-order valence-corrected chi connectivity index (χ0v) is 14.3. The van der Waals surface area contributed by atoms with Crippen LogP contribution in [0.4, 0.5) is 4.79 Å². The summed E-state index contributed by atoms with van der Waals surface area (Å²) in [6.45, 7) is 2.32. The first-order chi connectivity index (χ1) is 11.4. The van der Waals surface area contributed by atoms with E-state index >= 15 is 0 Å². The van der Waals surface area contributed by atoms with Crippen molar-refractivity contribution in [1.82, 2.24) is 10.2 Å². The first-order valence-corrected chi connectivity index (χ1v) is 7.60. The van der Waals surface area contributed by atoms with Crippen molar-refractivity contribution in [3.63, 3.8) is 0 Å². The van der Waals surface area contributed by atoms with Crippen molar-refractivity contribution in [3.8, 4) is 5.75 Å². The van der Waals surface area contributed by atoms with E-state index in [2.05, 4.69) is 16.1 Å². The van der Waals surface area contributed by atoms with Crippen molar-refractivity contribution in [2.24, 2.45) is 0 Å². The maximum atomic E-state index is 12.0. The fraction of sp³-hybridized carbons (Fsp3) is 0.333. The quantitative estimate of drug-likeness (QED) is 0.912. The summed E-state index contributed by atoms with van der Waals surface area (Å²) in [7, 11) is 4.70. The van der Waals surface area contributed by atoms with Crippen molar-refractivity contribution < 1.29 is 19.1 Å². The molecule has 0 spiro atoms. The standard InChI is InChI=1S/C18H22N2O4/c1-12(17(21)19-18(22)24-4)20(2)11-13-5-6-15-10-16(23-3)8-7-14(15)9-13/h5-10,12H,11H2,1-4H3,(H,19,21,22)/t12-/m0/s1. The number of fused-ring (bicyclic) bond motifs is 1. The molecule has 6 heteroatoms. The molecule has 0 aromatic heterocycles. The van der Waals surface area contributed by atoms with E-state index in [0.717, 1.165) is 22.1 Å². The van der Waals surface area contributed by atoms with Crippen molar-refractivity contribution in [2.75, 3.05) is 21.3 Å². The maximum Gasteiger partial charge on any atom is 0.413 e. The topological polar surface area (TPSA) is 67.9 Å². The van der Waals surface area contributed by atoms with Crippen LogP contribution in [0.15, 0.2) is 36.4 Å². The van der Waals surface area contributed by atoms with Crippen LogP contribution in [0.25, 0.3) is 10.8 Å². The third kappa shape index (κ3) is 4.23. The third-order valence-corrected chi connectivity index (χ3v) is 4.00. The number of hydrogen-bond donors (Lipinski definition) is 1. The Morgan fingerprint density at radius 3 is 2.46 bits per heavy atom. The van der Waals surface area contributed by atoms with E-state index < -0.39 is 18.0 Å². The molecule has 0 aliphatic heterocycles. The molecule has 0 fully saturated rings. The second kappa shape index (κ2) is 7.79. The predicted octanol–water partition coefficient (Wildman–Crippen LogP) is 2.55. The molecule has 2 rings (SSSR count). The molecular formula is C18H22N2O4. The number of nitrogens with one attached hydrogen (secondary N) is 1. The highest BCUT2D eigenvalue weighted by Gasteiger charge is 2.20. The van der Waals surface area contributed by atoms with Gasteiger partial charge in [0.1, 0.15) is 5.75 Å². The maximum absolute atomic E-state index is 12.0. The van der Waals surface area contributed by atoms with Gasteiger partial charge in [-0.15, -0.1) is 0 Å². The number of imide groups is 1. The van der Waals surface area contributed by atoms with Gasteiger partial charge < -0.3 is 9.47 Å². The summed E-state index contributed by atoms with van der Waals surface area (Å²) in [6.07, 6.45) is -0.750. The van der Waals surface area contributed by atoms with Crippen molar-refractivity contribution >= 4 is 22.8 Å². The fourth-order valence-corrected chi connectivity index (χ4v) is 2.38. The molecule has 2 aromatic carbocycles. The molecule has 128 valence electrons. The van der Waals surface area contributed by atoms with Gasteiger partial charge in [-0.1, -0.05) is 18.2 Å². The van der Waals surface area contributed by atoms with Crippen molar-refractivity contribution in [3.05, 3.63) is 42.0 Å².